The van der Waals surface area contributed by atoms with Crippen molar-refractivity contribution in [1.82, 2.24) is 30.7 Å². The minimum atomic E-state index is -1.17. The molecule has 4 aromatic heterocycles. The number of fused-ring (bicyclic) bond motifs is 4. The predicted octanol–water partition coefficient (Wildman–Crippen LogP) is 6.57. The Bertz CT molecular complexity index is 2570. The number of nitrogen functional groups attached to an aromatic ring is 1. The van der Waals surface area contributed by atoms with Gasteiger partial charge in [0.15, 0.2) is 11.6 Å². The Balaban J connectivity index is 0.000000173. The lowest BCUT2D eigenvalue weighted by Gasteiger charge is -2.22. The summed E-state index contributed by atoms with van der Waals surface area (Å²) < 4.78 is 28.2. The molecule has 2 amide bonds. The van der Waals surface area contributed by atoms with Gasteiger partial charge in [-0.25, -0.2) is 39.0 Å². The molecule has 0 spiro atoms. The van der Waals surface area contributed by atoms with E-state index in [4.69, 9.17) is 45.0 Å². The zero-order valence-corrected chi connectivity index (χ0v) is 32.8. The van der Waals surface area contributed by atoms with Crippen LogP contribution >= 0.6 is 23.2 Å². The number of aromatic nitrogens is 4. The highest BCUT2D eigenvalue weighted by atomic mass is 35.5. The van der Waals surface area contributed by atoms with Crippen molar-refractivity contribution in [3.05, 3.63) is 175 Å². The summed E-state index contributed by atoms with van der Waals surface area (Å²) in [5.74, 6) is 2.63. The quantitative estimate of drug-likeness (QED) is 0.0654. The number of carboxylic acids is 2. The second-order valence-corrected chi connectivity index (χ2v) is 14.0. The van der Waals surface area contributed by atoms with Crippen LogP contribution < -0.4 is 33.2 Å². The smallest absolute Gasteiger partial charge is 0.337 e. The normalized spacial score (nSPS) is 14.6. The molecule has 15 nitrogen and oxygen atoms in total. The number of nitrogens with one attached hydrogen (secondary N) is 4. The van der Waals surface area contributed by atoms with Gasteiger partial charge in [0.05, 0.1) is 33.3 Å². The van der Waals surface area contributed by atoms with E-state index >= 15 is 0 Å². The largest absolute Gasteiger partial charge is 0.478 e. The molecule has 6 aromatic rings. The molecule has 8 rings (SSSR count). The maximum Gasteiger partial charge on any atom is 0.337 e. The number of carbonyl (C=O) groups excluding carboxylic acids is 1. The maximum atomic E-state index is 14.5. The van der Waals surface area contributed by atoms with Crippen molar-refractivity contribution in [2.24, 2.45) is 11.6 Å². The van der Waals surface area contributed by atoms with Crippen molar-refractivity contribution in [3.8, 4) is 0 Å². The summed E-state index contributed by atoms with van der Waals surface area (Å²) in [6, 6.07) is 18.4. The van der Waals surface area contributed by atoms with Crippen LogP contribution in [0.4, 0.5) is 25.2 Å². The fraction of sp³-hybridized carbons (Fsp3) is 0.146. The number of anilines is 2. The summed E-state index contributed by atoms with van der Waals surface area (Å²) in [7, 11) is 0. The number of pyridine rings is 4. The van der Waals surface area contributed by atoms with Gasteiger partial charge in [0.25, 0.3) is 0 Å². The Kier molecular flexibility index (Phi) is 13.8. The summed E-state index contributed by atoms with van der Waals surface area (Å²) in [6.45, 7) is 0. The molecule has 2 aliphatic rings. The number of urea groups is 1. The number of carbonyl (C=O) groups is 3. The molecule has 0 radical (unpaired) electrons. The summed E-state index contributed by atoms with van der Waals surface area (Å²) >= 11 is 11.6. The van der Waals surface area contributed by atoms with Crippen LogP contribution in [0.15, 0.2) is 97.6 Å². The van der Waals surface area contributed by atoms with Gasteiger partial charge >= 0.3 is 18.0 Å². The first-order valence-corrected chi connectivity index (χ1v) is 18.9. The van der Waals surface area contributed by atoms with Crippen LogP contribution in [0.1, 0.15) is 77.6 Å². The lowest BCUT2D eigenvalue weighted by Crippen LogP contribution is -2.41. The maximum absolute atomic E-state index is 14.5. The van der Waals surface area contributed by atoms with Crippen LogP contribution in [-0.4, -0.2) is 48.1 Å². The highest BCUT2D eigenvalue weighted by Crippen LogP contribution is 2.33. The van der Waals surface area contributed by atoms with E-state index in [1.807, 2.05) is 24.3 Å². The zero-order valence-electron chi connectivity index (χ0n) is 31.3. The van der Waals surface area contributed by atoms with Gasteiger partial charge in [-0.1, -0.05) is 59.6 Å². The molecule has 0 aliphatic heterocycles. The summed E-state index contributed by atoms with van der Waals surface area (Å²) in [5, 5.41) is 20.5. The second-order valence-electron chi connectivity index (χ2n) is 13.2. The molecule has 10 N–H and O–H groups in total. The van der Waals surface area contributed by atoms with Gasteiger partial charge in [0.2, 0.25) is 0 Å². The number of halogens is 4. The fourth-order valence-corrected chi connectivity index (χ4v) is 7.11. The number of hydrogen-bond acceptors (Lipinski definition) is 11. The number of nitrogens with two attached hydrogens (primary N) is 2. The first-order chi connectivity index (χ1) is 28.9. The third-order valence-corrected chi connectivity index (χ3v) is 10.1. The van der Waals surface area contributed by atoms with Gasteiger partial charge in [-0.15, -0.1) is 0 Å². The molecule has 60 heavy (non-hydrogen) atoms. The van der Waals surface area contributed by atoms with E-state index in [0.717, 1.165) is 46.3 Å². The van der Waals surface area contributed by atoms with Crippen molar-refractivity contribution in [2.75, 3.05) is 10.9 Å². The highest BCUT2D eigenvalue weighted by Gasteiger charge is 2.28. The average molecular weight is 858 g/mol. The molecule has 308 valence electrons. The molecule has 0 saturated heterocycles. The van der Waals surface area contributed by atoms with Crippen LogP contribution in [0.5, 0.6) is 0 Å². The monoisotopic (exact) mass is 856 g/mol. The molecule has 0 bridgehead atoms. The molecular weight excluding hydrogens is 821 g/mol. The number of aromatic carboxylic acids is 2. The number of benzene rings is 2. The Morgan fingerprint density at radius 3 is 1.72 bits per heavy atom. The lowest BCUT2D eigenvalue weighted by molar-refractivity contribution is 0.0685. The van der Waals surface area contributed by atoms with Gasteiger partial charge in [-0.05, 0) is 89.9 Å². The molecule has 0 fully saturated rings. The number of carboxylic acid groups (broad SMARTS) is 2. The molecule has 2 unspecified atom stereocenters. The van der Waals surface area contributed by atoms with Crippen molar-refractivity contribution < 1.29 is 33.4 Å². The van der Waals surface area contributed by atoms with Crippen molar-refractivity contribution in [3.63, 3.8) is 0 Å². The molecule has 2 atom stereocenters. The topological polar surface area (TPSA) is 243 Å². The zero-order chi connectivity index (χ0) is 42.9. The average Bonchev–Trinajstić information content (AvgIpc) is 3.49. The molecule has 4 heterocycles. The molecule has 2 aromatic carbocycles. The predicted molar refractivity (Wildman–Crippen MR) is 219 cm³/mol. The standard InChI is InChI=1S/C21H17ClFN5O3.C14H13FN2.C6H6ClN3O2/c22-15-9-11(20(29)30)10-25-19(15)27-28-21(31)26-18-13-3-1-5-16(23)12(13)6-7-17-14(18)4-2-8-24-17;15-12-5-1-3-10-9(12)6-7-13-11(14(10)16)4-2-8-17-13;7-4-1-3(6(11)12)2-9-5(4)10-8/h1-5,8-10,18H,6-7H2,(H,25,27)(H,29,30)(H2,26,28,31);1-5,8,14H,6-7,16H2;1-2H,8H2,(H,9,10)(H,11,12). The Labute approximate surface area is 351 Å². The van der Waals surface area contributed by atoms with Crippen LogP contribution in [-0.2, 0) is 25.7 Å². The number of rotatable bonds is 6. The van der Waals surface area contributed by atoms with Gasteiger partial charge < -0.3 is 26.7 Å². The minimum Gasteiger partial charge on any atom is -0.478 e. The first kappa shape index (κ1) is 42.8. The lowest BCUT2D eigenvalue weighted by atomic mass is 9.96. The summed E-state index contributed by atoms with van der Waals surface area (Å²) in [6.07, 6.45) is 8.15. The number of amides is 2. The highest BCUT2D eigenvalue weighted by molar-refractivity contribution is 6.33. The number of hydrazine groups is 2. The molecule has 2 aliphatic carbocycles. The van der Waals surface area contributed by atoms with E-state index < -0.39 is 24.0 Å². The van der Waals surface area contributed by atoms with E-state index in [9.17, 15) is 23.2 Å². The van der Waals surface area contributed by atoms with Crippen molar-refractivity contribution in [1.29, 1.82) is 0 Å². The van der Waals surface area contributed by atoms with Gasteiger partial charge in [-0.3, -0.25) is 20.8 Å². The van der Waals surface area contributed by atoms with Crippen LogP contribution in [0.25, 0.3) is 0 Å². The van der Waals surface area contributed by atoms with Gasteiger partial charge in [0.1, 0.15) is 11.6 Å². The van der Waals surface area contributed by atoms with E-state index in [-0.39, 0.29) is 50.5 Å². The SMILES string of the molecule is NC1c2cccnc2CCc2c(F)cccc21.NNc1ncc(C(=O)O)cc1Cl.O=C(NNc1ncc(C(=O)O)cc1Cl)NC1c2cccnc2CCc2c(F)cccc21. The van der Waals surface area contributed by atoms with Crippen LogP contribution in [0.3, 0.4) is 0 Å². The first-order valence-electron chi connectivity index (χ1n) is 18.1. The Morgan fingerprint density at radius 2 is 1.17 bits per heavy atom. The van der Waals surface area contributed by atoms with E-state index in [2.05, 4.69) is 41.5 Å². The van der Waals surface area contributed by atoms with E-state index in [1.54, 1.807) is 36.7 Å². The van der Waals surface area contributed by atoms with Crippen LogP contribution in [0.2, 0.25) is 10.0 Å². The molecule has 19 heteroatoms. The number of hydrogen-bond donors (Lipinski definition) is 8. The Morgan fingerprint density at radius 1 is 0.667 bits per heavy atom. The van der Waals surface area contributed by atoms with Crippen molar-refractivity contribution >= 4 is 52.8 Å². The van der Waals surface area contributed by atoms with Crippen molar-refractivity contribution in [2.45, 2.75) is 37.8 Å². The summed E-state index contributed by atoms with van der Waals surface area (Å²) in [5.41, 5.74) is 19.7. The number of nitrogens with zero attached hydrogens (tertiary/aromatic N) is 4. The van der Waals surface area contributed by atoms with Crippen LogP contribution in [0, 0.1) is 11.6 Å². The summed E-state index contributed by atoms with van der Waals surface area (Å²) in [4.78, 5) is 50.3. The minimum absolute atomic E-state index is 0.0247. The van der Waals surface area contributed by atoms with Gasteiger partial charge in [-0.2, -0.15) is 0 Å². The molecular formula is C41H36Cl2F2N10O5. The van der Waals surface area contributed by atoms with E-state index in [1.165, 1.54) is 30.5 Å². The second kappa shape index (κ2) is 19.3. The number of aryl methyl sites for hydroxylation is 2. The fourth-order valence-electron chi connectivity index (χ4n) is 6.67. The third-order valence-electron chi connectivity index (χ3n) is 9.56. The van der Waals surface area contributed by atoms with E-state index in [0.29, 0.717) is 30.4 Å². The molecule has 0 saturated carbocycles. The third kappa shape index (κ3) is 9.90. The Hall–Kier alpha value is -6.79. The van der Waals surface area contributed by atoms with Gasteiger partial charge in [0, 0.05) is 41.7 Å².